The predicted octanol–water partition coefficient (Wildman–Crippen LogP) is 3.85. The average Bonchev–Trinajstić information content (AvgIpc) is 2.91. The van der Waals surface area contributed by atoms with E-state index in [-0.39, 0.29) is 5.82 Å². The van der Waals surface area contributed by atoms with Gasteiger partial charge in [-0.15, -0.1) is 0 Å². The SMILES string of the molecule is CCc1c(C2CCCNC2)n(CCCOC)c2c(F)cccc12. The number of hydrogen-bond acceptors (Lipinski definition) is 2. The summed E-state index contributed by atoms with van der Waals surface area (Å²) in [6.45, 7) is 5.79. The van der Waals surface area contributed by atoms with Crippen LogP contribution in [-0.2, 0) is 17.7 Å². The molecule has 2 heterocycles. The van der Waals surface area contributed by atoms with E-state index in [9.17, 15) is 4.39 Å². The molecule has 0 bridgehead atoms. The van der Waals surface area contributed by atoms with Crippen LogP contribution in [0.2, 0.25) is 0 Å². The number of nitrogens with zero attached hydrogens (tertiary/aromatic N) is 1. The van der Waals surface area contributed by atoms with Gasteiger partial charge in [-0.05, 0) is 43.9 Å². The highest BCUT2D eigenvalue weighted by Gasteiger charge is 2.25. The molecule has 1 fully saturated rings. The predicted molar refractivity (Wildman–Crippen MR) is 92.6 cm³/mol. The molecule has 1 N–H and O–H groups in total. The topological polar surface area (TPSA) is 26.2 Å². The van der Waals surface area contributed by atoms with Crippen molar-refractivity contribution in [2.24, 2.45) is 0 Å². The van der Waals surface area contributed by atoms with Crippen LogP contribution < -0.4 is 5.32 Å². The van der Waals surface area contributed by atoms with E-state index in [1.54, 1.807) is 13.2 Å². The summed E-state index contributed by atoms with van der Waals surface area (Å²) in [4.78, 5) is 0. The van der Waals surface area contributed by atoms with Gasteiger partial charge in [0.05, 0.1) is 5.52 Å². The van der Waals surface area contributed by atoms with Crippen molar-refractivity contribution in [1.82, 2.24) is 9.88 Å². The van der Waals surface area contributed by atoms with Gasteiger partial charge >= 0.3 is 0 Å². The molecule has 0 aliphatic carbocycles. The van der Waals surface area contributed by atoms with Crippen molar-refractivity contribution in [2.45, 2.75) is 45.1 Å². The lowest BCUT2D eigenvalue weighted by atomic mass is 9.92. The first-order valence-electron chi connectivity index (χ1n) is 8.77. The molecule has 3 nitrogen and oxygen atoms in total. The number of aromatic nitrogens is 1. The van der Waals surface area contributed by atoms with E-state index in [2.05, 4.69) is 22.9 Å². The second-order valence-electron chi connectivity index (χ2n) is 6.39. The Hall–Kier alpha value is -1.39. The van der Waals surface area contributed by atoms with Crippen molar-refractivity contribution in [1.29, 1.82) is 0 Å². The van der Waals surface area contributed by atoms with Gasteiger partial charge < -0.3 is 14.6 Å². The Bertz CT molecular complexity index is 659. The van der Waals surface area contributed by atoms with Crippen LogP contribution in [-0.4, -0.2) is 31.4 Å². The highest BCUT2D eigenvalue weighted by atomic mass is 19.1. The molecule has 4 heteroatoms. The molecule has 3 rings (SSSR count). The van der Waals surface area contributed by atoms with Gasteiger partial charge in [-0.1, -0.05) is 19.1 Å². The highest BCUT2D eigenvalue weighted by molar-refractivity contribution is 5.86. The second-order valence-corrected chi connectivity index (χ2v) is 6.39. The van der Waals surface area contributed by atoms with Gasteiger partial charge in [0.15, 0.2) is 0 Å². The molecule has 1 aliphatic heterocycles. The fourth-order valence-electron chi connectivity index (χ4n) is 3.98. The smallest absolute Gasteiger partial charge is 0.147 e. The Kier molecular flexibility index (Phi) is 5.34. The molecule has 1 unspecified atom stereocenters. The van der Waals surface area contributed by atoms with E-state index >= 15 is 0 Å². The average molecular weight is 318 g/mol. The summed E-state index contributed by atoms with van der Waals surface area (Å²) in [5, 5.41) is 4.59. The van der Waals surface area contributed by atoms with E-state index in [1.807, 2.05) is 6.07 Å². The minimum absolute atomic E-state index is 0.107. The molecule has 1 aromatic heterocycles. The summed E-state index contributed by atoms with van der Waals surface area (Å²) in [6, 6.07) is 5.49. The largest absolute Gasteiger partial charge is 0.385 e. The molecule has 1 aliphatic rings. The Morgan fingerprint density at radius 2 is 2.26 bits per heavy atom. The number of ether oxygens (including phenoxy) is 1. The van der Waals surface area contributed by atoms with Crippen molar-refractivity contribution in [3.63, 3.8) is 0 Å². The quantitative estimate of drug-likeness (QED) is 0.819. The van der Waals surface area contributed by atoms with Crippen molar-refractivity contribution in [2.75, 3.05) is 26.8 Å². The molecular formula is C19H27FN2O. The molecule has 2 aromatic rings. The van der Waals surface area contributed by atoms with Crippen molar-refractivity contribution in [3.8, 4) is 0 Å². The summed E-state index contributed by atoms with van der Waals surface area (Å²) in [5.41, 5.74) is 3.45. The maximum atomic E-state index is 14.6. The van der Waals surface area contributed by atoms with Gasteiger partial charge in [0, 0.05) is 43.8 Å². The maximum Gasteiger partial charge on any atom is 0.147 e. The summed E-state index contributed by atoms with van der Waals surface area (Å²) in [6.07, 6.45) is 4.23. The number of nitrogens with one attached hydrogen (secondary N) is 1. The van der Waals surface area contributed by atoms with Crippen LogP contribution in [0, 0.1) is 5.82 Å². The minimum Gasteiger partial charge on any atom is -0.385 e. The molecule has 1 atom stereocenters. The lowest BCUT2D eigenvalue weighted by Crippen LogP contribution is -2.30. The van der Waals surface area contributed by atoms with E-state index in [0.717, 1.165) is 43.4 Å². The minimum atomic E-state index is -0.107. The molecule has 23 heavy (non-hydrogen) atoms. The Morgan fingerprint density at radius 3 is 2.96 bits per heavy atom. The van der Waals surface area contributed by atoms with Crippen LogP contribution in [0.5, 0.6) is 0 Å². The molecule has 0 amide bonds. The van der Waals surface area contributed by atoms with Gasteiger partial charge in [-0.25, -0.2) is 4.39 Å². The first-order chi connectivity index (χ1) is 11.3. The highest BCUT2D eigenvalue weighted by Crippen LogP contribution is 2.36. The van der Waals surface area contributed by atoms with Gasteiger partial charge in [-0.2, -0.15) is 0 Å². The molecular weight excluding hydrogens is 291 g/mol. The number of para-hydroxylation sites is 1. The summed E-state index contributed by atoms with van der Waals surface area (Å²) >= 11 is 0. The first-order valence-corrected chi connectivity index (χ1v) is 8.77. The Labute approximate surface area is 137 Å². The van der Waals surface area contributed by atoms with Crippen LogP contribution in [0.25, 0.3) is 10.9 Å². The van der Waals surface area contributed by atoms with E-state index < -0.39 is 0 Å². The van der Waals surface area contributed by atoms with E-state index in [1.165, 1.54) is 24.1 Å². The van der Waals surface area contributed by atoms with Crippen LogP contribution in [0.3, 0.4) is 0 Å². The van der Waals surface area contributed by atoms with Crippen LogP contribution in [0.15, 0.2) is 18.2 Å². The van der Waals surface area contributed by atoms with Crippen LogP contribution >= 0.6 is 0 Å². The number of methoxy groups -OCH3 is 1. The number of benzene rings is 1. The van der Waals surface area contributed by atoms with Crippen molar-refractivity contribution < 1.29 is 9.13 Å². The fourth-order valence-corrected chi connectivity index (χ4v) is 3.98. The lowest BCUT2D eigenvalue weighted by Gasteiger charge is -2.26. The maximum absolute atomic E-state index is 14.6. The van der Waals surface area contributed by atoms with Gasteiger partial charge in [0.25, 0.3) is 0 Å². The number of hydrogen-bond donors (Lipinski definition) is 1. The fraction of sp³-hybridized carbons (Fsp3) is 0.579. The third-order valence-corrected chi connectivity index (χ3v) is 4.95. The normalized spacial score (nSPS) is 18.7. The molecule has 1 saturated heterocycles. The monoisotopic (exact) mass is 318 g/mol. The van der Waals surface area contributed by atoms with E-state index in [4.69, 9.17) is 4.74 Å². The Morgan fingerprint density at radius 1 is 1.39 bits per heavy atom. The zero-order chi connectivity index (χ0) is 16.2. The van der Waals surface area contributed by atoms with Crippen LogP contribution in [0.4, 0.5) is 4.39 Å². The number of rotatable bonds is 6. The molecule has 0 saturated carbocycles. The zero-order valence-electron chi connectivity index (χ0n) is 14.2. The number of halogens is 1. The Balaban J connectivity index is 2.13. The first kappa shape index (κ1) is 16.5. The standard InChI is InChI=1S/C19H27FN2O/c1-3-15-16-8-4-9-17(20)19(16)22(11-6-12-23-2)18(15)14-7-5-10-21-13-14/h4,8-9,14,21H,3,5-7,10-13H2,1-2H3. The zero-order valence-corrected chi connectivity index (χ0v) is 14.2. The summed E-state index contributed by atoms with van der Waals surface area (Å²) < 4.78 is 22.0. The van der Waals surface area contributed by atoms with Crippen molar-refractivity contribution >= 4 is 10.9 Å². The number of fused-ring (bicyclic) bond motifs is 1. The van der Waals surface area contributed by atoms with Gasteiger partial charge in [0.1, 0.15) is 5.82 Å². The van der Waals surface area contributed by atoms with Gasteiger partial charge in [-0.3, -0.25) is 0 Å². The molecule has 1 aromatic carbocycles. The lowest BCUT2D eigenvalue weighted by molar-refractivity contribution is 0.190. The third kappa shape index (κ3) is 3.15. The summed E-state index contributed by atoms with van der Waals surface area (Å²) in [7, 11) is 1.72. The van der Waals surface area contributed by atoms with Gasteiger partial charge in [0.2, 0.25) is 0 Å². The van der Waals surface area contributed by atoms with Crippen molar-refractivity contribution in [3.05, 3.63) is 35.3 Å². The third-order valence-electron chi connectivity index (χ3n) is 4.95. The number of piperidine rings is 1. The van der Waals surface area contributed by atoms with E-state index in [0.29, 0.717) is 12.5 Å². The van der Waals surface area contributed by atoms with Crippen LogP contribution in [0.1, 0.15) is 43.4 Å². The molecule has 126 valence electrons. The summed E-state index contributed by atoms with van der Waals surface area (Å²) in [5.74, 6) is 0.373. The molecule has 0 spiro atoms. The molecule has 0 radical (unpaired) electrons. The second kappa shape index (κ2) is 7.45. The number of aryl methyl sites for hydroxylation is 2.